The monoisotopic (exact) mass is 273 g/mol. The van der Waals surface area contributed by atoms with Gasteiger partial charge in [-0.1, -0.05) is 55.9 Å². The van der Waals surface area contributed by atoms with Gasteiger partial charge in [0.05, 0.1) is 0 Å². The van der Waals surface area contributed by atoms with Crippen molar-refractivity contribution in [3.8, 4) is 0 Å². The maximum absolute atomic E-state index is 4.28. The number of benzene rings is 1. The van der Waals surface area contributed by atoms with Crippen LogP contribution in [0.25, 0.3) is 0 Å². The number of rotatable bonds is 6. The molecule has 100 valence electrons. The number of nitrogens with one attached hydrogen (secondary N) is 1. The second-order valence-electron chi connectivity index (χ2n) is 4.30. The molecule has 4 heteroatoms. The van der Waals surface area contributed by atoms with E-state index in [4.69, 9.17) is 0 Å². The molecule has 0 radical (unpaired) electrons. The van der Waals surface area contributed by atoms with Crippen molar-refractivity contribution < 1.29 is 0 Å². The summed E-state index contributed by atoms with van der Waals surface area (Å²) in [6.45, 7) is 5.29. The number of nitrogens with zero attached hydrogens (tertiary/aromatic N) is 2. The molecule has 2 atom stereocenters. The van der Waals surface area contributed by atoms with Crippen LogP contribution in [0.2, 0.25) is 0 Å². The summed E-state index contributed by atoms with van der Waals surface area (Å²) >= 11 is 1.70. The van der Waals surface area contributed by atoms with Crippen molar-refractivity contribution in [1.82, 2.24) is 15.3 Å². The third-order valence-corrected chi connectivity index (χ3v) is 3.95. The Balaban J connectivity index is 2.11. The van der Waals surface area contributed by atoms with E-state index in [1.165, 1.54) is 5.56 Å². The Morgan fingerprint density at radius 2 is 1.79 bits per heavy atom. The summed E-state index contributed by atoms with van der Waals surface area (Å²) in [6.07, 6.45) is 3.57. The third-order valence-electron chi connectivity index (χ3n) is 2.89. The fraction of sp³-hybridized carbons (Fsp3) is 0.333. The zero-order valence-corrected chi connectivity index (χ0v) is 12.1. The summed E-state index contributed by atoms with van der Waals surface area (Å²) in [7, 11) is 0. The molecule has 1 aromatic carbocycles. The summed E-state index contributed by atoms with van der Waals surface area (Å²) in [6, 6.07) is 12.7. The first-order chi connectivity index (χ1) is 9.31. The van der Waals surface area contributed by atoms with E-state index in [0.29, 0.717) is 11.3 Å². The minimum atomic E-state index is 0.306. The smallest absolute Gasteiger partial charge is 0.187 e. The normalized spacial score (nSPS) is 14.0. The zero-order chi connectivity index (χ0) is 13.5. The highest BCUT2D eigenvalue weighted by atomic mass is 32.2. The Morgan fingerprint density at radius 3 is 2.42 bits per heavy atom. The Bertz CT molecular complexity index is 475. The molecule has 0 saturated heterocycles. The molecule has 2 unspecified atom stereocenters. The second-order valence-corrected chi connectivity index (χ2v) is 5.64. The molecule has 19 heavy (non-hydrogen) atoms. The van der Waals surface area contributed by atoms with E-state index in [9.17, 15) is 0 Å². The number of hydrogen-bond acceptors (Lipinski definition) is 4. The largest absolute Gasteiger partial charge is 0.309 e. The fourth-order valence-corrected chi connectivity index (χ4v) is 2.98. The van der Waals surface area contributed by atoms with Gasteiger partial charge in [-0.25, -0.2) is 9.97 Å². The number of aromatic nitrogens is 2. The van der Waals surface area contributed by atoms with Crippen molar-refractivity contribution in [3.05, 3.63) is 54.4 Å². The van der Waals surface area contributed by atoms with Gasteiger partial charge in [-0.05, 0) is 18.2 Å². The minimum Gasteiger partial charge on any atom is -0.309 e. The van der Waals surface area contributed by atoms with Crippen molar-refractivity contribution in [1.29, 1.82) is 0 Å². The van der Waals surface area contributed by atoms with Gasteiger partial charge in [0, 0.05) is 23.7 Å². The van der Waals surface area contributed by atoms with Crippen molar-refractivity contribution >= 4 is 11.8 Å². The van der Waals surface area contributed by atoms with E-state index in [0.717, 1.165) is 11.7 Å². The quantitative estimate of drug-likeness (QED) is 0.647. The Labute approximate surface area is 118 Å². The molecule has 0 aliphatic carbocycles. The molecule has 0 bridgehead atoms. The van der Waals surface area contributed by atoms with Crippen LogP contribution in [0.15, 0.2) is 53.9 Å². The lowest BCUT2D eigenvalue weighted by Gasteiger charge is -2.24. The minimum absolute atomic E-state index is 0.306. The van der Waals surface area contributed by atoms with Gasteiger partial charge < -0.3 is 5.32 Å². The van der Waals surface area contributed by atoms with E-state index < -0.39 is 0 Å². The van der Waals surface area contributed by atoms with E-state index in [1.54, 1.807) is 24.2 Å². The van der Waals surface area contributed by atoms with Crippen LogP contribution in [0.3, 0.4) is 0 Å². The molecule has 1 N–H and O–H groups in total. The summed E-state index contributed by atoms with van der Waals surface area (Å²) in [5.41, 5.74) is 1.31. The highest BCUT2D eigenvalue weighted by Crippen LogP contribution is 2.29. The first-order valence-electron chi connectivity index (χ1n) is 6.53. The Kier molecular flexibility index (Phi) is 5.36. The average molecular weight is 273 g/mol. The summed E-state index contributed by atoms with van der Waals surface area (Å²) in [5, 5.41) is 4.74. The predicted octanol–water partition coefficient (Wildman–Crippen LogP) is 3.31. The molecule has 1 aromatic heterocycles. The van der Waals surface area contributed by atoms with Gasteiger partial charge in [-0.3, -0.25) is 0 Å². The topological polar surface area (TPSA) is 37.8 Å². The van der Waals surface area contributed by atoms with Gasteiger partial charge in [-0.15, -0.1) is 0 Å². The maximum Gasteiger partial charge on any atom is 0.187 e. The van der Waals surface area contributed by atoms with Gasteiger partial charge >= 0.3 is 0 Å². The van der Waals surface area contributed by atoms with Crippen LogP contribution in [0.5, 0.6) is 0 Å². The Morgan fingerprint density at radius 1 is 1.11 bits per heavy atom. The lowest BCUT2D eigenvalue weighted by atomic mass is 10.0. The number of thioether (sulfide) groups is 1. The van der Waals surface area contributed by atoms with Gasteiger partial charge in [0.1, 0.15) is 0 Å². The van der Waals surface area contributed by atoms with E-state index in [2.05, 4.69) is 53.4 Å². The maximum atomic E-state index is 4.28. The van der Waals surface area contributed by atoms with E-state index >= 15 is 0 Å². The molecule has 0 saturated carbocycles. The van der Waals surface area contributed by atoms with Crippen LogP contribution in [0.1, 0.15) is 25.5 Å². The van der Waals surface area contributed by atoms with Crippen LogP contribution in [-0.4, -0.2) is 21.8 Å². The lowest BCUT2D eigenvalue weighted by molar-refractivity contribution is 0.547. The fourth-order valence-electron chi connectivity index (χ4n) is 2.02. The third kappa shape index (κ3) is 4.04. The Hall–Kier alpha value is -1.39. The molecule has 0 aliphatic heterocycles. The molecular weight excluding hydrogens is 254 g/mol. The molecule has 2 rings (SSSR count). The van der Waals surface area contributed by atoms with Crippen LogP contribution in [-0.2, 0) is 0 Å². The lowest BCUT2D eigenvalue weighted by Crippen LogP contribution is -2.28. The van der Waals surface area contributed by atoms with Crippen molar-refractivity contribution in [2.24, 2.45) is 0 Å². The molecule has 1 heterocycles. The predicted molar refractivity (Wildman–Crippen MR) is 80.2 cm³/mol. The van der Waals surface area contributed by atoms with Crippen LogP contribution >= 0.6 is 11.8 Å². The molecule has 0 aliphatic rings. The first kappa shape index (κ1) is 14.0. The standard InChI is InChI=1S/C15H19N3S/c1-3-16-14(13-8-5-4-6-9-13)12(2)19-15-17-10-7-11-18-15/h4-12,14,16H,3H2,1-2H3. The molecule has 0 spiro atoms. The van der Waals surface area contributed by atoms with Crippen LogP contribution < -0.4 is 5.32 Å². The van der Waals surface area contributed by atoms with E-state index in [1.807, 2.05) is 12.1 Å². The second kappa shape index (κ2) is 7.26. The molecular formula is C15H19N3S. The highest BCUT2D eigenvalue weighted by Gasteiger charge is 2.20. The van der Waals surface area contributed by atoms with E-state index in [-0.39, 0.29) is 0 Å². The molecule has 2 aromatic rings. The summed E-state index contributed by atoms with van der Waals surface area (Å²) < 4.78 is 0. The van der Waals surface area contributed by atoms with Gasteiger partial charge in [0.25, 0.3) is 0 Å². The van der Waals surface area contributed by atoms with Crippen molar-refractivity contribution in [2.75, 3.05) is 6.54 Å². The van der Waals surface area contributed by atoms with Crippen LogP contribution in [0.4, 0.5) is 0 Å². The average Bonchev–Trinajstić information content (AvgIpc) is 2.46. The first-order valence-corrected chi connectivity index (χ1v) is 7.41. The van der Waals surface area contributed by atoms with Crippen molar-refractivity contribution in [2.45, 2.75) is 30.3 Å². The summed E-state index contributed by atoms with van der Waals surface area (Å²) in [4.78, 5) is 8.56. The molecule has 0 fully saturated rings. The van der Waals surface area contributed by atoms with Gasteiger partial charge in [0.15, 0.2) is 5.16 Å². The highest BCUT2D eigenvalue weighted by molar-refractivity contribution is 7.99. The van der Waals surface area contributed by atoms with Crippen LogP contribution in [0, 0.1) is 0 Å². The van der Waals surface area contributed by atoms with Crippen molar-refractivity contribution in [3.63, 3.8) is 0 Å². The van der Waals surface area contributed by atoms with Gasteiger partial charge in [-0.2, -0.15) is 0 Å². The number of hydrogen-bond donors (Lipinski definition) is 1. The molecule has 3 nitrogen and oxygen atoms in total. The zero-order valence-electron chi connectivity index (χ0n) is 11.3. The SMILES string of the molecule is CCNC(c1ccccc1)C(C)Sc1ncccn1. The summed E-state index contributed by atoms with van der Waals surface area (Å²) in [5.74, 6) is 0. The molecule has 0 amide bonds. The van der Waals surface area contributed by atoms with Gasteiger partial charge in [0.2, 0.25) is 0 Å².